The van der Waals surface area contributed by atoms with E-state index in [0.29, 0.717) is 0 Å². The highest BCUT2D eigenvalue weighted by atomic mass is 16.5. The smallest absolute Gasteiger partial charge is 0.0468 e. The fourth-order valence-corrected chi connectivity index (χ4v) is 2.75. The van der Waals surface area contributed by atoms with Crippen molar-refractivity contribution in [1.29, 1.82) is 0 Å². The first-order valence-corrected chi connectivity index (χ1v) is 5.66. The first-order chi connectivity index (χ1) is 6.38. The van der Waals surface area contributed by atoms with E-state index in [4.69, 9.17) is 4.74 Å². The zero-order valence-corrected chi connectivity index (χ0v) is 8.59. The van der Waals surface area contributed by atoms with E-state index in [2.05, 4.69) is 12.2 Å². The Balaban J connectivity index is 1.83. The van der Waals surface area contributed by atoms with Gasteiger partial charge in [0.25, 0.3) is 0 Å². The molecule has 0 aromatic rings. The molecule has 0 saturated carbocycles. The van der Waals surface area contributed by atoms with Crippen LogP contribution in [-0.4, -0.2) is 26.3 Å². The van der Waals surface area contributed by atoms with Gasteiger partial charge < -0.3 is 10.1 Å². The number of nitrogens with one attached hydrogen (secondary N) is 1. The molecule has 2 atom stereocenters. The normalized spacial score (nSPS) is 33.5. The van der Waals surface area contributed by atoms with Gasteiger partial charge >= 0.3 is 0 Å². The van der Waals surface area contributed by atoms with Crippen LogP contribution in [0.15, 0.2) is 0 Å². The molecule has 2 aliphatic heterocycles. The average Bonchev–Trinajstić information content (AvgIpc) is 2.71. The zero-order valence-electron chi connectivity index (χ0n) is 8.59. The van der Waals surface area contributed by atoms with Crippen LogP contribution in [0, 0.1) is 17.8 Å². The summed E-state index contributed by atoms with van der Waals surface area (Å²) in [5.41, 5.74) is 0. The van der Waals surface area contributed by atoms with Crippen LogP contribution < -0.4 is 5.32 Å². The van der Waals surface area contributed by atoms with Crippen molar-refractivity contribution in [3.05, 3.63) is 0 Å². The molecule has 0 aliphatic carbocycles. The minimum atomic E-state index is 0.902. The van der Waals surface area contributed by atoms with Gasteiger partial charge in [0, 0.05) is 13.2 Å². The second-order valence-corrected chi connectivity index (χ2v) is 4.56. The summed E-state index contributed by atoms with van der Waals surface area (Å²) in [4.78, 5) is 0. The van der Waals surface area contributed by atoms with E-state index < -0.39 is 0 Å². The molecule has 2 rings (SSSR count). The van der Waals surface area contributed by atoms with Crippen molar-refractivity contribution in [2.24, 2.45) is 17.8 Å². The zero-order chi connectivity index (χ0) is 9.10. The topological polar surface area (TPSA) is 21.3 Å². The van der Waals surface area contributed by atoms with E-state index in [1.165, 1.54) is 32.4 Å². The Labute approximate surface area is 81.0 Å². The molecule has 2 aliphatic rings. The minimum absolute atomic E-state index is 0.902. The summed E-state index contributed by atoms with van der Waals surface area (Å²) >= 11 is 0. The summed E-state index contributed by atoms with van der Waals surface area (Å²) < 4.78 is 5.40. The van der Waals surface area contributed by atoms with Gasteiger partial charge in [-0.2, -0.15) is 0 Å². The first kappa shape index (κ1) is 9.47. The van der Waals surface area contributed by atoms with Crippen molar-refractivity contribution in [1.82, 2.24) is 5.32 Å². The summed E-state index contributed by atoms with van der Waals surface area (Å²) in [6.07, 6.45) is 3.97. The molecule has 2 heterocycles. The summed E-state index contributed by atoms with van der Waals surface area (Å²) in [7, 11) is 0. The van der Waals surface area contributed by atoms with Crippen molar-refractivity contribution >= 4 is 0 Å². The Bertz CT molecular complexity index is 148. The molecule has 13 heavy (non-hydrogen) atoms. The van der Waals surface area contributed by atoms with Crippen LogP contribution >= 0.6 is 0 Å². The maximum atomic E-state index is 5.40. The molecule has 0 amide bonds. The van der Waals surface area contributed by atoms with Crippen LogP contribution in [0.4, 0.5) is 0 Å². The molecular weight excluding hydrogens is 162 g/mol. The van der Waals surface area contributed by atoms with Crippen molar-refractivity contribution in [3.63, 3.8) is 0 Å². The molecule has 0 bridgehead atoms. The molecule has 0 aromatic carbocycles. The van der Waals surface area contributed by atoms with Crippen LogP contribution in [-0.2, 0) is 4.74 Å². The lowest BCUT2D eigenvalue weighted by Crippen LogP contribution is -2.27. The molecule has 2 heteroatoms. The van der Waals surface area contributed by atoms with Crippen molar-refractivity contribution in [2.75, 3.05) is 26.3 Å². The Morgan fingerprint density at radius 3 is 2.54 bits per heavy atom. The number of ether oxygens (including phenoxy) is 1. The monoisotopic (exact) mass is 183 g/mol. The summed E-state index contributed by atoms with van der Waals surface area (Å²) in [6.45, 7) is 6.91. The fraction of sp³-hybridized carbons (Fsp3) is 1.00. The molecule has 2 saturated heterocycles. The predicted octanol–water partition coefficient (Wildman–Crippen LogP) is 1.66. The number of hydrogen-bond acceptors (Lipinski definition) is 2. The van der Waals surface area contributed by atoms with Crippen LogP contribution in [0.5, 0.6) is 0 Å². The van der Waals surface area contributed by atoms with Gasteiger partial charge in [-0.05, 0) is 50.1 Å². The lowest BCUT2D eigenvalue weighted by molar-refractivity contribution is 0.0399. The van der Waals surface area contributed by atoms with E-state index in [9.17, 15) is 0 Å². The molecule has 2 fully saturated rings. The third-order valence-electron chi connectivity index (χ3n) is 3.85. The average molecular weight is 183 g/mol. The molecule has 2 nitrogen and oxygen atoms in total. The largest absolute Gasteiger partial charge is 0.381 e. The first-order valence-electron chi connectivity index (χ1n) is 5.66. The van der Waals surface area contributed by atoms with E-state index >= 15 is 0 Å². The van der Waals surface area contributed by atoms with Crippen LogP contribution in [0.1, 0.15) is 26.2 Å². The minimum Gasteiger partial charge on any atom is -0.381 e. The van der Waals surface area contributed by atoms with E-state index in [-0.39, 0.29) is 0 Å². The van der Waals surface area contributed by atoms with Crippen LogP contribution in [0.3, 0.4) is 0 Å². The van der Waals surface area contributed by atoms with Gasteiger partial charge in [0.15, 0.2) is 0 Å². The van der Waals surface area contributed by atoms with E-state index in [1.54, 1.807) is 0 Å². The third kappa shape index (κ3) is 2.23. The quantitative estimate of drug-likeness (QED) is 0.703. The second kappa shape index (κ2) is 4.43. The standard InChI is InChI=1S/C11H21NO/c1-9(11-2-5-12-8-11)10-3-6-13-7-4-10/h9-12H,2-8H2,1H3. The van der Waals surface area contributed by atoms with Crippen molar-refractivity contribution in [2.45, 2.75) is 26.2 Å². The highest BCUT2D eigenvalue weighted by Crippen LogP contribution is 2.31. The Morgan fingerprint density at radius 2 is 1.92 bits per heavy atom. The summed E-state index contributed by atoms with van der Waals surface area (Å²) in [5, 5.41) is 3.46. The molecule has 0 radical (unpaired) electrons. The molecule has 0 spiro atoms. The molecule has 0 aromatic heterocycles. The number of hydrogen-bond donors (Lipinski definition) is 1. The molecule has 1 N–H and O–H groups in total. The van der Waals surface area contributed by atoms with Gasteiger partial charge in [-0.1, -0.05) is 6.92 Å². The van der Waals surface area contributed by atoms with Gasteiger partial charge in [-0.25, -0.2) is 0 Å². The fourth-order valence-electron chi connectivity index (χ4n) is 2.75. The van der Waals surface area contributed by atoms with E-state index in [0.717, 1.165) is 31.0 Å². The van der Waals surface area contributed by atoms with Crippen molar-refractivity contribution in [3.8, 4) is 0 Å². The maximum absolute atomic E-state index is 5.40. The molecule has 2 unspecified atom stereocenters. The Kier molecular flexibility index (Phi) is 3.23. The van der Waals surface area contributed by atoms with Gasteiger partial charge in [0.2, 0.25) is 0 Å². The SMILES string of the molecule is CC(C1CCOCC1)C1CCNC1. The summed E-state index contributed by atoms with van der Waals surface area (Å²) in [5.74, 6) is 2.76. The van der Waals surface area contributed by atoms with Crippen LogP contribution in [0.2, 0.25) is 0 Å². The molecular formula is C11H21NO. The van der Waals surface area contributed by atoms with Gasteiger partial charge in [-0.3, -0.25) is 0 Å². The Morgan fingerprint density at radius 1 is 1.15 bits per heavy atom. The van der Waals surface area contributed by atoms with Gasteiger partial charge in [-0.15, -0.1) is 0 Å². The summed E-state index contributed by atoms with van der Waals surface area (Å²) in [6, 6.07) is 0. The highest BCUT2D eigenvalue weighted by Gasteiger charge is 2.28. The van der Waals surface area contributed by atoms with Gasteiger partial charge in [0.1, 0.15) is 0 Å². The second-order valence-electron chi connectivity index (χ2n) is 4.56. The highest BCUT2D eigenvalue weighted by molar-refractivity contribution is 4.81. The maximum Gasteiger partial charge on any atom is 0.0468 e. The molecule has 76 valence electrons. The Hall–Kier alpha value is -0.0800. The third-order valence-corrected chi connectivity index (χ3v) is 3.85. The lowest BCUT2D eigenvalue weighted by atomic mass is 9.78. The van der Waals surface area contributed by atoms with E-state index in [1.807, 2.05) is 0 Å². The van der Waals surface area contributed by atoms with Crippen LogP contribution in [0.25, 0.3) is 0 Å². The van der Waals surface area contributed by atoms with Crippen molar-refractivity contribution < 1.29 is 4.74 Å². The lowest BCUT2D eigenvalue weighted by Gasteiger charge is -2.31. The number of rotatable bonds is 2. The van der Waals surface area contributed by atoms with Gasteiger partial charge in [0.05, 0.1) is 0 Å². The predicted molar refractivity (Wildman–Crippen MR) is 53.7 cm³/mol.